The molecule has 2 bridgehead atoms. The fraction of sp³-hybridized carbons (Fsp3) is 0.938. The van der Waals surface area contributed by atoms with Gasteiger partial charge in [-0.25, -0.2) is 0 Å². The smallest absolute Gasteiger partial charge is 0.293 e. The summed E-state index contributed by atoms with van der Waals surface area (Å²) >= 11 is 0. The summed E-state index contributed by atoms with van der Waals surface area (Å²) in [6, 6.07) is 0. The summed E-state index contributed by atoms with van der Waals surface area (Å²) in [7, 11) is 0. The summed E-state index contributed by atoms with van der Waals surface area (Å²) < 4.78 is 5.55. The number of rotatable bonds is 2. The van der Waals surface area contributed by atoms with Crippen molar-refractivity contribution in [3.63, 3.8) is 0 Å². The molecule has 0 radical (unpaired) electrons. The van der Waals surface area contributed by atoms with E-state index in [9.17, 15) is 4.79 Å². The molecule has 5 atom stereocenters. The van der Waals surface area contributed by atoms with Gasteiger partial charge in [-0.3, -0.25) is 4.79 Å². The molecule has 0 saturated heterocycles. The van der Waals surface area contributed by atoms with Gasteiger partial charge in [-0.1, -0.05) is 20.8 Å². The van der Waals surface area contributed by atoms with Gasteiger partial charge >= 0.3 is 0 Å². The van der Waals surface area contributed by atoms with Crippen molar-refractivity contribution >= 4 is 6.47 Å². The summed E-state index contributed by atoms with van der Waals surface area (Å²) in [4.78, 5) is 10.9. The highest BCUT2D eigenvalue weighted by Gasteiger charge is 2.68. The van der Waals surface area contributed by atoms with Crippen LogP contribution in [0.3, 0.4) is 0 Å². The van der Waals surface area contributed by atoms with Gasteiger partial charge in [0.2, 0.25) is 0 Å². The van der Waals surface area contributed by atoms with Crippen LogP contribution in [0.5, 0.6) is 0 Å². The second-order valence-corrected chi connectivity index (χ2v) is 7.87. The first kappa shape index (κ1) is 12.5. The highest BCUT2D eigenvalue weighted by atomic mass is 16.5. The SMILES string of the molecule is C[C@@H]1CCC2C(C)(C)[C@@H]3C[C@]21CC[C@@]3(C)OC=O. The number of hydrogen-bond acceptors (Lipinski definition) is 2. The molecule has 102 valence electrons. The molecule has 0 heterocycles. The summed E-state index contributed by atoms with van der Waals surface area (Å²) in [5.41, 5.74) is 0.652. The van der Waals surface area contributed by atoms with Crippen LogP contribution in [0.15, 0.2) is 0 Å². The van der Waals surface area contributed by atoms with E-state index in [1.54, 1.807) is 0 Å². The molecule has 0 aromatic rings. The zero-order chi connectivity index (χ0) is 13.2. The van der Waals surface area contributed by atoms with E-state index in [4.69, 9.17) is 4.74 Å². The first-order valence-corrected chi connectivity index (χ1v) is 7.48. The lowest BCUT2D eigenvalue weighted by atomic mass is 9.64. The molecule has 3 rings (SSSR count). The molecule has 18 heavy (non-hydrogen) atoms. The van der Waals surface area contributed by atoms with E-state index in [0.29, 0.717) is 23.2 Å². The Morgan fingerprint density at radius 2 is 1.83 bits per heavy atom. The largest absolute Gasteiger partial charge is 0.461 e. The number of carbonyl (C=O) groups is 1. The molecule has 3 saturated carbocycles. The lowest BCUT2D eigenvalue weighted by Gasteiger charge is -2.45. The quantitative estimate of drug-likeness (QED) is 0.697. The van der Waals surface area contributed by atoms with Crippen LogP contribution in [0.4, 0.5) is 0 Å². The first-order valence-electron chi connectivity index (χ1n) is 7.48. The van der Waals surface area contributed by atoms with Crippen molar-refractivity contribution in [3.8, 4) is 0 Å². The highest BCUT2D eigenvalue weighted by molar-refractivity contribution is 5.39. The molecule has 0 N–H and O–H groups in total. The molecule has 0 aliphatic heterocycles. The van der Waals surface area contributed by atoms with E-state index >= 15 is 0 Å². The molecule has 0 aromatic heterocycles. The van der Waals surface area contributed by atoms with Gasteiger partial charge < -0.3 is 4.74 Å². The number of hydrogen-bond donors (Lipinski definition) is 0. The normalized spacial score (nSPS) is 53.0. The van der Waals surface area contributed by atoms with Gasteiger partial charge in [-0.15, -0.1) is 0 Å². The van der Waals surface area contributed by atoms with E-state index in [-0.39, 0.29) is 5.60 Å². The molecule has 1 unspecified atom stereocenters. The minimum Gasteiger partial charge on any atom is -0.461 e. The van der Waals surface area contributed by atoms with Crippen LogP contribution in [0, 0.1) is 28.6 Å². The van der Waals surface area contributed by atoms with Crippen molar-refractivity contribution in [2.75, 3.05) is 0 Å². The van der Waals surface area contributed by atoms with Crippen molar-refractivity contribution in [2.24, 2.45) is 28.6 Å². The zero-order valence-electron chi connectivity index (χ0n) is 12.2. The van der Waals surface area contributed by atoms with E-state index in [2.05, 4.69) is 27.7 Å². The van der Waals surface area contributed by atoms with Gasteiger partial charge in [-0.05, 0) is 61.7 Å². The Morgan fingerprint density at radius 3 is 2.50 bits per heavy atom. The molecule has 1 spiro atoms. The average molecular weight is 250 g/mol. The van der Waals surface area contributed by atoms with E-state index in [0.717, 1.165) is 18.3 Å². The molecule has 3 fully saturated rings. The summed E-state index contributed by atoms with van der Waals surface area (Å²) in [5, 5.41) is 0. The Balaban J connectivity index is 2.01. The van der Waals surface area contributed by atoms with Crippen molar-refractivity contribution in [1.29, 1.82) is 0 Å². The van der Waals surface area contributed by atoms with Gasteiger partial charge in [0.1, 0.15) is 5.60 Å². The van der Waals surface area contributed by atoms with Gasteiger partial charge in [0.25, 0.3) is 6.47 Å². The topological polar surface area (TPSA) is 26.3 Å². The number of ether oxygens (including phenoxy) is 1. The first-order chi connectivity index (χ1) is 8.37. The summed E-state index contributed by atoms with van der Waals surface area (Å²) in [6.07, 6.45) is 6.36. The van der Waals surface area contributed by atoms with Gasteiger partial charge in [0.15, 0.2) is 0 Å². The third-order valence-electron chi connectivity index (χ3n) is 7.09. The fourth-order valence-corrected chi connectivity index (χ4v) is 6.11. The number of fused-ring (bicyclic) bond motifs is 1. The zero-order valence-corrected chi connectivity index (χ0v) is 12.2. The Hall–Kier alpha value is -0.530. The standard InChI is InChI=1S/C16H26O2/c1-11-5-6-12-14(2,3)13-9-16(11,12)8-7-15(13,4)18-10-17/h10-13H,5-9H2,1-4H3/t11-,12?,13+,15-,16+/m1/s1. The van der Waals surface area contributed by atoms with Gasteiger partial charge in [0, 0.05) is 5.92 Å². The van der Waals surface area contributed by atoms with Crippen molar-refractivity contribution in [3.05, 3.63) is 0 Å². The average Bonchev–Trinajstić information content (AvgIpc) is 2.71. The molecular formula is C16H26O2. The summed E-state index contributed by atoms with van der Waals surface area (Å²) in [5.74, 6) is 2.23. The third kappa shape index (κ3) is 1.27. The lowest BCUT2D eigenvalue weighted by molar-refractivity contribution is -0.157. The maximum absolute atomic E-state index is 10.9. The van der Waals surface area contributed by atoms with Crippen molar-refractivity contribution in [1.82, 2.24) is 0 Å². The van der Waals surface area contributed by atoms with E-state index in [1.807, 2.05) is 0 Å². The van der Waals surface area contributed by atoms with Crippen LogP contribution in [0.25, 0.3) is 0 Å². The van der Waals surface area contributed by atoms with Crippen LogP contribution in [0.1, 0.15) is 59.8 Å². The Bertz CT molecular complexity index is 375. The van der Waals surface area contributed by atoms with Gasteiger partial charge in [-0.2, -0.15) is 0 Å². The molecule has 2 heteroatoms. The molecule has 0 aromatic carbocycles. The third-order valence-corrected chi connectivity index (χ3v) is 7.09. The van der Waals surface area contributed by atoms with Crippen LogP contribution in [-0.2, 0) is 9.53 Å². The molecular weight excluding hydrogens is 224 g/mol. The predicted molar refractivity (Wildman–Crippen MR) is 71.0 cm³/mol. The molecule has 3 aliphatic rings. The van der Waals surface area contributed by atoms with E-state index in [1.165, 1.54) is 25.7 Å². The monoisotopic (exact) mass is 250 g/mol. The van der Waals surface area contributed by atoms with Gasteiger partial charge in [0.05, 0.1) is 0 Å². The van der Waals surface area contributed by atoms with Crippen molar-refractivity contribution < 1.29 is 9.53 Å². The fourth-order valence-electron chi connectivity index (χ4n) is 6.11. The lowest BCUT2D eigenvalue weighted by Crippen LogP contribution is -2.46. The van der Waals surface area contributed by atoms with Crippen LogP contribution < -0.4 is 0 Å². The minimum atomic E-state index is -0.222. The predicted octanol–water partition coefficient (Wildman–Crippen LogP) is 3.79. The van der Waals surface area contributed by atoms with E-state index < -0.39 is 0 Å². The molecule has 2 nitrogen and oxygen atoms in total. The Labute approximate surface area is 110 Å². The maximum Gasteiger partial charge on any atom is 0.293 e. The Kier molecular flexibility index (Phi) is 2.44. The second-order valence-electron chi connectivity index (χ2n) is 7.87. The highest BCUT2D eigenvalue weighted by Crippen LogP contribution is 2.73. The summed E-state index contributed by atoms with van der Waals surface area (Å²) in [6.45, 7) is 10.1. The van der Waals surface area contributed by atoms with Crippen LogP contribution >= 0.6 is 0 Å². The second kappa shape index (κ2) is 3.52. The maximum atomic E-state index is 10.9. The number of carbonyl (C=O) groups excluding carboxylic acids is 1. The van der Waals surface area contributed by atoms with Crippen molar-refractivity contribution in [2.45, 2.75) is 65.4 Å². The molecule has 0 amide bonds. The Morgan fingerprint density at radius 1 is 1.11 bits per heavy atom. The van der Waals surface area contributed by atoms with Crippen LogP contribution in [-0.4, -0.2) is 12.1 Å². The minimum absolute atomic E-state index is 0.222. The molecule has 3 aliphatic carbocycles. The van der Waals surface area contributed by atoms with Crippen LogP contribution in [0.2, 0.25) is 0 Å².